The first-order valence-electron chi connectivity index (χ1n) is 6.00. The average molecular weight is 254 g/mol. The Kier molecular flexibility index (Phi) is 6.19. The van der Waals surface area contributed by atoms with Crippen molar-refractivity contribution < 1.29 is 4.74 Å². The SMILES string of the molecule is CSCCC(C)Nc1ncccc1OC(C)C. The van der Waals surface area contributed by atoms with Crippen LogP contribution in [0.2, 0.25) is 0 Å². The van der Waals surface area contributed by atoms with E-state index < -0.39 is 0 Å². The minimum atomic E-state index is 0.168. The summed E-state index contributed by atoms with van der Waals surface area (Å²) in [5.74, 6) is 2.83. The van der Waals surface area contributed by atoms with Gasteiger partial charge in [-0.2, -0.15) is 11.8 Å². The Labute approximate surface area is 108 Å². The molecule has 1 aromatic rings. The fourth-order valence-electron chi connectivity index (χ4n) is 1.45. The summed E-state index contributed by atoms with van der Waals surface area (Å²) in [6, 6.07) is 4.26. The van der Waals surface area contributed by atoms with Gasteiger partial charge in [0.1, 0.15) is 0 Å². The molecule has 0 fully saturated rings. The number of thioether (sulfide) groups is 1. The van der Waals surface area contributed by atoms with E-state index in [0.29, 0.717) is 6.04 Å². The van der Waals surface area contributed by atoms with E-state index in [9.17, 15) is 0 Å². The number of hydrogen-bond acceptors (Lipinski definition) is 4. The third-order valence-corrected chi connectivity index (χ3v) is 2.92. The lowest BCUT2D eigenvalue weighted by atomic mass is 10.2. The zero-order valence-electron chi connectivity index (χ0n) is 11.1. The fraction of sp³-hybridized carbons (Fsp3) is 0.615. The molecule has 0 radical (unpaired) electrons. The van der Waals surface area contributed by atoms with Crippen LogP contribution in [0.15, 0.2) is 18.3 Å². The lowest BCUT2D eigenvalue weighted by Gasteiger charge is -2.18. The van der Waals surface area contributed by atoms with E-state index in [2.05, 4.69) is 23.5 Å². The Hall–Kier alpha value is -0.900. The highest BCUT2D eigenvalue weighted by molar-refractivity contribution is 7.98. The molecule has 1 atom stereocenters. The van der Waals surface area contributed by atoms with Gasteiger partial charge in [0.05, 0.1) is 6.10 Å². The van der Waals surface area contributed by atoms with E-state index in [1.165, 1.54) is 0 Å². The number of nitrogens with one attached hydrogen (secondary N) is 1. The second-order valence-electron chi connectivity index (χ2n) is 4.34. The number of aromatic nitrogens is 1. The molecule has 0 aliphatic rings. The van der Waals surface area contributed by atoms with Gasteiger partial charge >= 0.3 is 0 Å². The predicted octanol–water partition coefficient (Wildman–Crippen LogP) is 3.42. The number of ether oxygens (including phenoxy) is 1. The number of rotatable bonds is 7. The van der Waals surface area contributed by atoms with E-state index in [0.717, 1.165) is 23.7 Å². The molecule has 0 aromatic carbocycles. The van der Waals surface area contributed by atoms with Gasteiger partial charge in [-0.1, -0.05) is 0 Å². The van der Waals surface area contributed by atoms with Crippen molar-refractivity contribution in [3.8, 4) is 5.75 Å². The molecule has 0 spiro atoms. The number of anilines is 1. The minimum absolute atomic E-state index is 0.168. The van der Waals surface area contributed by atoms with Crippen molar-refractivity contribution in [2.75, 3.05) is 17.3 Å². The van der Waals surface area contributed by atoms with Gasteiger partial charge in [-0.05, 0) is 51.3 Å². The van der Waals surface area contributed by atoms with Crippen LogP contribution in [0.3, 0.4) is 0 Å². The van der Waals surface area contributed by atoms with Crippen molar-refractivity contribution in [2.24, 2.45) is 0 Å². The lowest BCUT2D eigenvalue weighted by Crippen LogP contribution is -2.18. The molecule has 0 aliphatic carbocycles. The average Bonchev–Trinajstić information content (AvgIpc) is 2.28. The van der Waals surface area contributed by atoms with Crippen molar-refractivity contribution in [1.82, 2.24) is 4.98 Å². The molecule has 17 heavy (non-hydrogen) atoms. The van der Waals surface area contributed by atoms with E-state index in [4.69, 9.17) is 4.74 Å². The highest BCUT2D eigenvalue weighted by atomic mass is 32.2. The van der Waals surface area contributed by atoms with E-state index >= 15 is 0 Å². The van der Waals surface area contributed by atoms with E-state index in [-0.39, 0.29) is 6.10 Å². The molecule has 96 valence electrons. The molecule has 1 rings (SSSR count). The Morgan fingerprint density at radius 2 is 2.18 bits per heavy atom. The Balaban J connectivity index is 2.62. The highest BCUT2D eigenvalue weighted by Gasteiger charge is 2.09. The second-order valence-corrected chi connectivity index (χ2v) is 5.33. The van der Waals surface area contributed by atoms with Crippen molar-refractivity contribution in [3.63, 3.8) is 0 Å². The van der Waals surface area contributed by atoms with Crippen LogP contribution in [0.5, 0.6) is 5.75 Å². The third kappa shape index (κ3) is 5.31. The number of nitrogens with zero attached hydrogens (tertiary/aromatic N) is 1. The first-order chi connectivity index (χ1) is 8.13. The maximum atomic E-state index is 5.72. The molecule has 4 heteroatoms. The summed E-state index contributed by atoms with van der Waals surface area (Å²) in [5, 5.41) is 3.40. The van der Waals surface area contributed by atoms with Crippen molar-refractivity contribution in [1.29, 1.82) is 0 Å². The van der Waals surface area contributed by atoms with Gasteiger partial charge in [-0.3, -0.25) is 0 Å². The van der Waals surface area contributed by atoms with Crippen LogP contribution in [0.1, 0.15) is 27.2 Å². The summed E-state index contributed by atoms with van der Waals surface area (Å²) in [6.07, 6.45) is 5.21. The van der Waals surface area contributed by atoms with Gasteiger partial charge in [0.15, 0.2) is 11.6 Å². The summed E-state index contributed by atoms with van der Waals surface area (Å²) in [6.45, 7) is 6.21. The van der Waals surface area contributed by atoms with Crippen LogP contribution in [0.25, 0.3) is 0 Å². The molecule has 0 saturated carbocycles. The molecule has 1 heterocycles. The van der Waals surface area contributed by atoms with Crippen LogP contribution in [-0.4, -0.2) is 29.1 Å². The largest absolute Gasteiger partial charge is 0.487 e. The molecule has 0 bridgehead atoms. The molecule has 1 aromatic heterocycles. The monoisotopic (exact) mass is 254 g/mol. The highest BCUT2D eigenvalue weighted by Crippen LogP contribution is 2.23. The third-order valence-electron chi connectivity index (χ3n) is 2.27. The van der Waals surface area contributed by atoms with E-state index in [1.54, 1.807) is 6.20 Å². The zero-order valence-corrected chi connectivity index (χ0v) is 11.9. The first kappa shape index (κ1) is 14.2. The Morgan fingerprint density at radius 1 is 1.41 bits per heavy atom. The molecule has 0 amide bonds. The Morgan fingerprint density at radius 3 is 2.82 bits per heavy atom. The fourth-order valence-corrected chi connectivity index (χ4v) is 2.04. The summed E-state index contributed by atoms with van der Waals surface area (Å²) in [4.78, 5) is 4.34. The van der Waals surface area contributed by atoms with Gasteiger partial charge in [-0.25, -0.2) is 4.98 Å². The first-order valence-corrected chi connectivity index (χ1v) is 7.40. The van der Waals surface area contributed by atoms with Gasteiger partial charge in [0.2, 0.25) is 0 Å². The molecule has 0 saturated heterocycles. The number of hydrogen-bond donors (Lipinski definition) is 1. The Bertz CT molecular complexity index is 331. The van der Waals surface area contributed by atoms with Crippen molar-refractivity contribution in [3.05, 3.63) is 18.3 Å². The maximum Gasteiger partial charge on any atom is 0.168 e. The topological polar surface area (TPSA) is 34.2 Å². The maximum absolute atomic E-state index is 5.72. The smallest absolute Gasteiger partial charge is 0.168 e. The van der Waals surface area contributed by atoms with E-state index in [1.807, 2.05) is 37.7 Å². The predicted molar refractivity (Wildman–Crippen MR) is 76.1 cm³/mol. The van der Waals surface area contributed by atoms with Gasteiger partial charge in [0.25, 0.3) is 0 Å². The van der Waals surface area contributed by atoms with Crippen LogP contribution >= 0.6 is 11.8 Å². The van der Waals surface area contributed by atoms with Gasteiger partial charge in [-0.15, -0.1) is 0 Å². The zero-order chi connectivity index (χ0) is 12.7. The van der Waals surface area contributed by atoms with Crippen LogP contribution < -0.4 is 10.1 Å². The minimum Gasteiger partial charge on any atom is -0.487 e. The van der Waals surface area contributed by atoms with Crippen molar-refractivity contribution in [2.45, 2.75) is 39.3 Å². The van der Waals surface area contributed by atoms with Gasteiger partial charge < -0.3 is 10.1 Å². The summed E-state index contributed by atoms with van der Waals surface area (Å²) in [7, 11) is 0. The quantitative estimate of drug-likeness (QED) is 0.808. The standard InChI is InChI=1S/C13H22N2OS/c1-10(2)16-12-6-5-8-14-13(12)15-11(3)7-9-17-4/h5-6,8,10-11H,7,9H2,1-4H3,(H,14,15). The molecule has 3 nitrogen and oxygen atoms in total. The van der Waals surface area contributed by atoms with Crippen LogP contribution in [-0.2, 0) is 0 Å². The molecule has 0 aliphatic heterocycles. The summed E-state index contributed by atoms with van der Waals surface area (Å²) in [5.41, 5.74) is 0. The van der Waals surface area contributed by atoms with Crippen LogP contribution in [0, 0.1) is 0 Å². The van der Waals surface area contributed by atoms with Gasteiger partial charge in [0, 0.05) is 12.2 Å². The second kappa shape index (κ2) is 7.43. The molecule has 1 N–H and O–H groups in total. The molecular formula is C13H22N2OS. The summed E-state index contributed by atoms with van der Waals surface area (Å²) < 4.78 is 5.72. The van der Waals surface area contributed by atoms with Crippen LogP contribution in [0.4, 0.5) is 5.82 Å². The lowest BCUT2D eigenvalue weighted by molar-refractivity contribution is 0.242. The summed E-state index contributed by atoms with van der Waals surface area (Å²) >= 11 is 1.86. The molecular weight excluding hydrogens is 232 g/mol. The van der Waals surface area contributed by atoms with Crippen molar-refractivity contribution >= 4 is 17.6 Å². The number of pyridine rings is 1. The normalized spacial score (nSPS) is 12.5. The molecule has 1 unspecified atom stereocenters.